The van der Waals surface area contributed by atoms with Crippen molar-refractivity contribution in [3.63, 3.8) is 0 Å². The number of hydrogen-bond donors (Lipinski definition) is 2. The molecule has 0 aliphatic heterocycles. The zero-order chi connectivity index (χ0) is 16.2. The SMILES string of the molecule is CCN(C)C(=O)C(C)Nc1cc(C)c(N)c(C(=O)OC)c1. The topological polar surface area (TPSA) is 84.7 Å². The molecule has 6 nitrogen and oxygen atoms in total. The number of methoxy groups -OCH3 is 1. The summed E-state index contributed by atoms with van der Waals surface area (Å²) in [5.74, 6) is -0.518. The molecule has 0 heterocycles. The van der Waals surface area contributed by atoms with Gasteiger partial charge in [-0.1, -0.05) is 0 Å². The number of nitrogens with one attached hydrogen (secondary N) is 1. The number of esters is 1. The number of carbonyl (C=O) groups is 2. The zero-order valence-corrected chi connectivity index (χ0v) is 13.2. The standard InChI is InChI=1S/C15H23N3O3/c1-6-18(4)14(19)10(3)17-11-7-9(2)13(16)12(8-11)15(20)21-5/h7-8,10,17H,6,16H2,1-5H3. The minimum absolute atomic E-state index is 0.0217. The number of nitrogens with zero attached hydrogens (tertiary/aromatic N) is 1. The number of nitrogen functional groups attached to an aromatic ring is 1. The fraction of sp³-hybridized carbons (Fsp3) is 0.467. The van der Waals surface area contributed by atoms with Crippen LogP contribution in [0.3, 0.4) is 0 Å². The van der Waals surface area contributed by atoms with Gasteiger partial charge in [0.2, 0.25) is 5.91 Å². The summed E-state index contributed by atoms with van der Waals surface area (Å²) in [6, 6.07) is 3.00. The van der Waals surface area contributed by atoms with Crippen LogP contribution in [0.1, 0.15) is 29.8 Å². The summed E-state index contributed by atoms with van der Waals surface area (Å²) in [6.45, 7) is 6.13. The molecule has 0 spiro atoms. The Hall–Kier alpha value is -2.24. The maximum atomic E-state index is 12.1. The van der Waals surface area contributed by atoms with Gasteiger partial charge in [-0.05, 0) is 38.5 Å². The van der Waals surface area contributed by atoms with E-state index in [1.165, 1.54) is 7.11 Å². The second-order valence-electron chi connectivity index (χ2n) is 4.96. The van der Waals surface area contributed by atoms with Crippen LogP contribution in [0.4, 0.5) is 11.4 Å². The predicted octanol–water partition coefficient (Wildman–Crippen LogP) is 1.64. The Kier molecular flexibility index (Phi) is 5.58. The Morgan fingerprint density at radius 3 is 2.57 bits per heavy atom. The van der Waals surface area contributed by atoms with Gasteiger partial charge in [0.15, 0.2) is 0 Å². The summed E-state index contributed by atoms with van der Waals surface area (Å²) in [4.78, 5) is 25.4. The van der Waals surface area contributed by atoms with Crippen molar-refractivity contribution in [1.82, 2.24) is 4.90 Å². The van der Waals surface area contributed by atoms with Gasteiger partial charge in [-0.2, -0.15) is 0 Å². The van der Waals surface area contributed by atoms with E-state index in [1.807, 2.05) is 6.92 Å². The maximum Gasteiger partial charge on any atom is 0.340 e. The number of benzene rings is 1. The van der Waals surface area contributed by atoms with Crippen LogP contribution in [-0.2, 0) is 9.53 Å². The second-order valence-corrected chi connectivity index (χ2v) is 4.96. The van der Waals surface area contributed by atoms with E-state index in [2.05, 4.69) is 5.32 Å². The number of carbonyl (C=O) groups excluding carboxylic acids is 2. The van der Waals surface area contributed by atoms with E-state index in [0.29, 0.717) is 23.5 Å². The third kappa shape index (κ3) is 3.87. The van der Waals surface area contributed by atoms with E-state index >= 15 is 0 Å². The van der Waals surface area contributed by atoms with Crippen molar-refractivity contribution < 1.29 is 14.3 Å². The van der Waals surface area contributed by atoms with Gasteiger partial charge in [0.05, 0.1) is 12.7 Å². The first kappa shape index (κ1) is 16.8. The summed E-state index contributed by atoms with van der Waals surface area (Å²) in [5, 5.41) is 3.09. The summed E-state index contributed by atoms with van der Waals surface area (Å²) in [7, 11) is 3.05. The molecule has 6 heteroatoms. The third-order valence-electron chi connectivity index (χ3n) is 3.40. The van der Waals surface area contributed by atoms with Crippen LogP contribution < -0.4 is 11.1 Å². The number of anilines is 2. The molecule has 1 unspecified atom stereocenters. The highest BCUT2D eigenvalue weighted by Gasteiger charge is 2.18. The lowest BCUT2D eigenvalue weighted by atomic mass is 10.1. The van der Waals surface area contributed by atoms with Crippen LogP contribution >= 0.6 is 0 Å². The molecular formula is C15H23N3O3. The van der Waals surface area contributed by atoms with Crippen LogP contribution in [0.15, 0.2) is 12.1 Å². The van der Waals surface area contributed by atoms with Gasteiger partial charge in [-0.15, -0.1) is 0 Å². The number of ether oxygens (including phenoxy) is 1. The number of hydrogen-bond acceptors (Lipinski definition) is 5. The average Bonchev–Trinajstić information content (AvgIpc) is 2.48. The molecule has 1 rings (SSSR count). The van der Waals surface area contributed by atoms with Gasteiger partial charge in [0.25, 0.3) is 0 Å². The van der Waals surface area contributed by atoms with Crippen LogP contribution in [0.5, 0.6) is 0 Å². The van der Waals surface area contributed by atoms with Crippen molar-refractivity contribution in [2.75, 3.05) is 31.8 Å². The van der Waals surface area contributed by atoms with Crippen molar-refractivity contribution in [2.45, 2.75) is 26.8 Å². The normalized spacial score (nSPS) is 11.7. The highest BCUT2D eigenvalue weighted by molar-refractivity contribution is 5.97. The second kappa shape index (κ2) is 6.97. The van der Waals surface area contributed by atoms with E-state index < -0.39 is 12.0 Å². The molecular weight excluding hydrogens is 270 g/mol. The number of nitrogens with two attached hydrogens (primary N) is 1. The Bertz CT molecular complexity index is 543. The molecule has 0 aromatic heterocycles. The van der Waals surface area contributed by atoms with Gasteiger partial charge < -0.3 is 20.7 Å². The zero-order valence-electron chi connectivity index (χ0n) is 13.2. The first-order valence-electron chi connectivity index (χ1n) is 6.81. The van der Waals surface area contributed by atoms with Gasteiger partial charge in [0.1, 0.15) is 6.04 Å². The molecule has 0 aliphatic rings. The van der Waals surface area contributed by atoms with Gasteiger partial charge in [-0.25, -0.2) is 4.79 Å². The van der Waals surface area contributed by atoms with E-state index in [1.54, 1.807) is 37.9 Å². The molecule has 1 aromatic carbocycles. The Morgan fingerprint density at radius 1 is 1.43 bits per heavy atom. The molecule has 1 atom stereocenters. The lowest BCUT2D eigenvalue weighted by Gasteiger charge is -2.22. The summed E-state index contributed by atoms with van der Waals surface area (Å²) in [5.41, 5.74) is 7.98. The van der Waals surface area contributed by atoms with Crippen LogP contribution in [0.25, 0.3) is 0 Å². The predicted molar refractivity (Wildman–Crippen MR) is 83.3 cm³/mol. The lowest BCUT2D eigenvalue weighted by Crippen LogP contribution is -2.38. The van der Waals surface area contributed by atoms with Crippen LogP contribution in [0, 0.1) is 6.92 Å². The quantitative estimate of drug-likeness (QED) is 0.637. The first-order valence-corrected chi connectivity index (χ1v) is 6.81. The molecule has 1 amide bonds. The van der Waals surface area contributed by atoms with Crippen LogP contribution in [-0.4, -0.2) is 43.5 Å². The van der Waals surface area contributed by atoms with Gasteiger partial charge >= 0.3 is 5.97 Å². The number of rotatable bonds is 5. The minimum atomic E-state index is -0.496. The van der Waals surface area contributed by atoms with Crippen molar-refractivity contribution in [2.24, 2.45) is 0 Å². The molecule has 0 fully saturated rings. The average molecular weight is 293 g/mol. The molecule has 1 aromatic rings. The smallest absolute Gasteiger partial charge is 0.340 e. The van der Waals surface area contributed by atoms with E-state index in [-0.39, 0.29) is 5.91 Å². The van der Waals surface area contributed by atoms with E-state index in [4.69, 9.17) is 10.5 Å². The summed E-state index contributed by atoms with van der Waals surface area (Å²) >= 11 is 0. The Morgan fingerprint density at radius 2 is 2.05 bits per heavy atom. The monoisotopic (exact) mass is 293 g/mol. The van der Waals surface area contributed by atoms with Crippen molar-refractivity contribution in [3.05, 3.63) is 23.3 Å². The molecule has 3 N–H and O–H groups in total. The number of aryl methyl sites for hydroxylation is 1. The fourth-order valence-corrected chi connectivity index (χ4v) is 1.96. The van der Waals surface area contributed by atoms with Crippen molar-refractivity contribution >= 4 is 23.3 Å². The lowest BCUT2D eigenvalue weighted by molar-refractivity contribution is -0.130. The minimum Gasteiger partial charge on any atom is -0.465 e. The first-order chi connectivity index (χ1) is 9.81. The van der Waals surface area contributed by atoms with E-state index in [9.17, 15) is 9.59 Å². The molecule has 0 aliphatic carbocycles. The molecule has 21 heavy (non-hydrogen) atoms. The van der Waals surface area contributed by atoms with Crippen LogP contribution in [0.2, 0.25) is 0 Å². The van der Waals surface area contributed by atoms with E-state index in [0.717, 1.165) is 5.56 Å². The molecule has 0 saturated carbocycles. The summed E-state index contributed by atoms with van der Waals surface area (Å²) < 4.78 is 4.71. The fourth-order valence-electron chi connectivity index (χ4n) is 1.96. The molecule has 0 bridgehead atoms. The van der Waals surface area contributed by atoms with Gasteiger partial charge in [-0.3, -0.25) is 4.79 Å². The molecule has 0 radical (unpaired) electrons. The maximum absolute atomic E-state index is 12.1. The van der Waals surface area contributed by atoms with Gasteiger partial charge in [0, 0.05) is 25.0 Å². The molecule has 116 valence electrons. The molecule has 0 saturated heterocycles. The number of likely N-dealkylation sites (N-methyl/N-ethyl adjacent to an activating group) is 1. The summed E-state index contributed by atoms with van der Waals surface area (Å²) in [6.07, 6.45) is 0. The highest BCUT2D eigenvalue weighted by Crippen LogP contribution is 2.24. The Labute approximate surface area is 125 Å². The highest BCUT2D eigenvalue weighted by atomic mass is 16.5. The Balaban J connectivity index is 3.02. The third-order valence-corrected chi connectivity index (χ3v) is 3.40. The largest absolute Gasteiger partial charge is 0.465 e. The van der Waals surface area contributed by atoms with Crippen molar-refractivity contribution in [3.8, 4) is 0 Å². The van der Waals surface area contributed by atoms with Crippen molar-refractivity contribution in [1.29, 1.82) is 0 Å². The number of amides is 1.